The molecule has 0 amide bonds. The Kier molecular flexibility index (Phi) is 2.48. The van der Waals surface area contributed by atoms with E-state index in [0.29, 0.717) is 17.5 Å². The van der Waals surface area contributed by atoms with Crippen LogP contribution in [0, 0.1) is 6.07 Å². The van der Waals surface area contributed by atoms with Gasteiger partial charge in [0.15, 0.2) is 5.78 Å². The third-order valence-corrected chi connectivity index (χ3v) is 1.78. The molecule has 63 valence electrons. The molecule has 0 aliphatic carbocycles. The van der Waals surface area contributed by atoms with Gasteiger partial charge in [0.25, 0.3) is 0 Å². The fraction of sp³-hybridized carbons (Fsp3) is 0.300. The van der Waals surface area contributed by atoms with Gasteiger partial charge in [-0.25, -0.2) is 0 Å². The van der Waals surface area contributed by atoms with Gasteiger partial charge in [-0.2, -0.15) is 0 Å². The molecule has 0 spiro atoms. The second-order valence-corrected chi connectivity index (χ2v) is 2.63. The zero-order valence-corrected chi connectivity index (χ0v) is 7.22. The second-order valence-electron chi connectivity index (χ2n) is 2.63. The maximum Gasteiger partial charge on any atom is 0.163 e. The van der Waals surface area contributed by atoms with Gasteiger partial charge in [0, 0.05) is 5.56 Å². The lowest BCUT2D eigenvalue weighted by Gasteiger charge is -2.03. The summed E-state index contributed by atoms with van der Waals surface area (Å²) in [6, 6.07) is 6.12. The van der Waals surface area contributed by atoms with E-state index < -0.39 is 0 Å². The summed E-state index contributed by atoms with van der Waals surface area (Å²) in [4.78, 5) is 11.0. The molecule has 0 aromatic heterocycles. The Morgan fingerprint density at radius 3 is 2.83 bits per heavy atom. The lowest BCUT2D eigenvalue weighted by Crippen LogP contribution is -1.95. The van der Waals surface area contributed by atoms with E-state index in [0.717, 1.165) is 0 Å². The number of rotatable bonds is 2. The number of phenolic OH excluding ortho intramolecular Hbond substituents is 1. The molecule has 0 aliphatic heterocycles. The van der Waals surface area contributed by atoms with Crippen molar-refractivity contribution in [2.75, 3.05) is 0 Å². The minimum absolute atomic E-state index is 0.0764. The zero-order chi connectivity index (χ0) is 9.14. The fourth-order valence-corrected chi connectivity index (χ4v) is 1.09. The van der Waals surface area contributed by atoms with Gasteiger partial charge in [-0.05, 0) is 25.5 Å². The SMILES string of the molecule is CCc1[c]ccc(C(C)=O)c1O. The van der Waals surface area contributed by atoms with Crippen LogP contribution in [0.1, 0.15) is 29.8 Å². The van der Waals surface area contributed by atoms with E-state index in [1.807, 2.05) is 6.92 Å². The van der Waals surface area contributed by atoms with E-state index >= 15 is 0 Å². The first kappa shape index (κ1) is 8.78. The van der Waals surface area contributed by atoms with Crippen molar-refractivity contribution in [1.82, 2.24) is 0 Å². The van der Waals surface area contributed by atoms with Crippen LogP contribution in [-0.4, -0.2) is 10.9 Å². The van der Waals surface area contributed by atoms with Gasteiger partial charge in [0.05, 0.1) is 5.56 Å². The third-order valence-electron chi connectivity index (χ3n) is 1.78. The molecule has 0 heterocycles. The molecule has 0 bridgehead atoms. The Morgan fingerprint density at radius 1 is 1.67 bits per heavy atom. The highest BCUT2D eigenvalue weighted by atomic mass is 16.3. The average molecular weight is 163 g/mol. The van der Waals surface area contributed by atoms with Crippen LogP contribution < -0.4 is 0 Å². The van der Waals surface area contributed by atoms with Gasteiger partial charge in [-0.15, -0.1) is 0 Å². The van der Waals surface area contributed by atoms with Gasteiger partial charge < -0.3 is 5.11 Å². The van der Waals surface area contributed by atoms with Crippen molar-refractivity contribution in [3.05, 3.63) is 29.3 Å². The van der Waals surface area contributed by atoms with E-state index in [4.69, 9.17) is 0 Å². The summed E-state index contributed by atoms with van der Waals surface area (Å²) in [5.74, 6) is -0.0382. The van der Waals surface area contributed by atoms with Crippen LogP contribution in [0.25, 0.3) is 0 Å². The van der Waals surface area contributed by atoms with Crippen molar-refractivity contribution in [3.63, 3.8) is 0 Å². The highest BCUT2D eigenvalue weighted by Gasteiger charge is 2.08. The summed E-state index contributed by atoms with van der Waals surface area (Å²) < 4.78 is 0. The van der Waals surface area contributed by atoms with Gasteiger partial charge in [0.1, 0.15) is 5.75 Å². The van der Waals surface area contributed by atoms with Crippen molar-refractivity contribution in [1.29, 1.82) is 0 Å². The smallest absolute Gasteiger partial charge is 0.163 e. The predicted octanol–water partition coefficient (Wildman–Crippen LogP) is 1.96. The molecular formula is C10H11O2. The Morgan fingerprint density at radius 2 is 2.33 bits per heavy atom. The largest absolute Gasteiger partial charge is 0.507 e. The second kappa shape index (κ2) is 3.39. The molecule has 2 heteroatoms. The molecule has 1 aromatic rings. The molecule has 1 N–H and O–H groups in total. The van der Waals surface area contributed by atoms with E-state index in [1.165, 1.54) is 6.92 Å². The van der Waals surface area contributed by atoms with Crippen LogP contribution >= 0.6 is 0 Å². The summed E-state index contributed by atoms with van der Waals surface area (Å²) in [5.41, 5.74) is 1.08. The first-order valence-corrected chi connectivity index (χ1v) is 3.90. The summed E-state index contributed by atoms with van der Waals surface area (Å²) in [5, 5.41) is 9.51. The van der Waals surface area contributed by atoms with E-state index in [-0.39, 0.29) is 11.5 Å². The number of hydrogen-bond donors (Lipinski definition) is 1. The standard InChI is InChI=1S/C10H11O2/c1-3-8-5-4-6-9(7(2)11)10(8)12/h4,6,12H,3H2,1-2H3. The number of benzene rings is 1. The molecule has 1 rings (SSSR count). The van der Waals surface area contributed by atoms with Crippen LogP contribution in [0.15, 0.2) is 12.1 Å². The number of Topliss-reactive ketones (excluding diaryl/α,β-unsaturated/α-hetero) is 1. The molecule has 0 aliphatic rings. The van der Waals surface area contributed by atoms with Crippen LogP contribution in [0.3, 0.4) is 0 Å². The van der Waals surface area contributed by atoms with Crippen molar-refractivity contribution >= 4 is 5.78 Å². The number of carbonyl (C=O) groups excluding carboxylic acids is 1. The number of aryl methyl sites for hydroxylation is 1. The van der Waals surface area contributed by atoms with Crippen LogP contribution in [0.2, 0.25) is 0 Å². The molecule has 2 nitrogen and oxygen atoms in total. The monoisotopic (exact) mass is 163 g/mol. The van der Waals surface area contributed by atoms with E-state index in [1.54, 1.807) is 12.1 Å². The van der Waals surface area contributed by atoms with Crippen molar-refractivity contribution in [2.45, 2.75) is 20.3 Å². The molecule has 0 fully saturated rings. The maximum absolute atomic E-state index is 11.0. The van der Waals surface area contributed by atoms with E-state index in [9.17, 15) is 9.90 Å². The van der Waals surface area contributed by atoms with Crippen LogP contribution in [-0.2, 0) is 6.42 Å². The van der Waals surface area contributed by atoms with Gasteiger partial charge in [0.2, 0.25) is 0 Å². The van der Waals surface area contributed by atoms with Gasteiger partial charge >= 0.3 is 0 Å². The number of ketones is 1. The lowest BCUT2D eigenvalue weighted by atomic mass is 10.0. The summed E-state index contributed by atoms with van der Waals surface area (Å²) >= 11 is 0. The first-order valence-electron chi connectivity index (χ1n) is 3.90. The fourth-order valence-electron chi connectivity index (χ4n) is 1.09. The zero-order valence-electron chi connectivity index (χ0n) is 7.22. The number of aromatic hydroxyl groups is 1. The molecule has 1 aromatic carbocycles. The van der Waals surface area contributed by atoms with Crippen molar-refractivity contribution in [2.24, 2.45) is 0 Å². The quantitative estimate of drug-likeness (QED) is 0.676. The number of carbonyl (C=O) groups is 1. The lowest BCUT2D eigenvalue weighted by molar-refractivity contribution is 0.101. The topological polar surface area (TPSA) is 37.3 Å². The Labute approximate surface area is 71.8 Å². The molecule has 0 saturated heterocycles. The third kappa shape index (κ3) is 1.47. The summed E-state index contributed by atoms with van der Waals surface area (Å²) in [6.45, 7) is 3.35. The number of phenols is 1. The Bertz CT molecular complexity index is 303. The van der Waals surface area contributed by atoms with Gasteiger partial charge in [-0.3, -0.25) is 4.79 Å². The highest BCUT2D eigenvalue weighted by Crippen LogP contribution is 2.22. The Hall–Kier alpha value is -1.31. The summed E-state index contributed by atoms with van der Waals surface area (Å²) in [6.07, 6.45) is 0.687. The molecular weight excluding hydrogens is 152 g/mol. The van der Waals surface area contributed by atoms with Gasteiger partial charge in [-0.1, -0.05) is 13.0 Å². The molecule has 1 radical (unpaired) electrons. The Balaban J connectivity index is 3.23. The molecule has 0 atom stereocenters. The maximum atomic E-state index is 11.0. The van der Waals surface area contributed by atoms with Crippen molar-refractivity contribution in [3.8, 4) is 5.75 Å². The average Bonchev–Trinajstić information content (AvgIpc) is 2.04. The minimum Gasteiger partial charge on any atom is -0.507 e. The predicted molar refractivity (Wildman–Crippen MR) is 46.3 cm³/mol. The van der Waals surface area contributed by atoms with Crippen LogP contribution in [0.4, 0.5) is 0 Å². The normalized spacial score (nSPS) is 9.83. The van der Waals surface area contributed by atoms with E-state index in [2.05, 4.69) is 6.07 Å². The minimum atomic E-state index is -0.115. The molecule has 0 saturated carbocycles. The molecule has 0 unspecified atom stereocenters. The first-order chi connectivity index (χ1) is 5.66. The molecule has 12 heavy (non-hydrogen) atoms. The van der Waals surface area contributed by atoms with Crippen molar-refractivity contribution < 1.29 is 9.90 Å². The highest BCUT2D eigenvalue weighted by molar-refractivity contribution is 5.97. The number of hydrogen-bond acceptors (Lipinski definition) is 2. The summed E-state index contributed by atoms with van der Waals surface area (Å²) in [7, 11) is 0. The van der Waals surface area contributed by atoms with Crippen LogP contribution in [0.5, 0.6) is 5.75 Å².